The first-order valence-electron chi connectivity index (χ1n) is 11.1. The Morgan fingerprint density at radius 2 is 1.63 bits per heavy atom. The molecule has 1 saturated heterocycles. The zero-order valence-corrected chi connectivity index (χ0v) is 19.9. The van der Waals surface area contributed by atoms with Gasteiger partial charge in [-0.05, 0) is 58.8 Å². The molecule has 0 spiro atoms. The van der Waals surface area contributed by atoms with Gasteiger partial charge < -0.3 is 19.7 Å². The number of nitrogens with zero attached hydrogens (tertiary/aromatic N) is 2. The Kier molecular flexibility index (Phi) is 14.6. The van der Waals surface area contributed by atoms with Crippen LogP contribution in [0.15, 0.2) is 4.99 Å². The lowest BCUT2D eigenvalue weighted by Gasteiger charge is -2.34. The van der Waals surface area contributed by atoms with Crippen LogP contribution in [-0.4, -0.2) is 62.5 Å². The van der Waals surface area contributed by atoms with E-state index in [-0.39, 0.29) is 24.0 Å². The Morgan fingerprint density at radius 3 is 2.30 bits per heavy atom. The predicted molar refractivity (Wildman–Crippen MR) is 124 cm³/mol. The summed E-state index contributed by atoms with van der Waals surface area (Å²) in [5.41, 5.74) is 0. The molecule has 1 heterocycles. The number of guanidine groups is 1. The molecule has 0 unspecified atom stereocenters. The van der Waals surface area contributed by atoms with E-state index in [2.05, 4.69) is 24.1 Å². The molecule has 2 aliphatic rings. The van der Waals surface area contributed by atoms with Gasteiger partial charge in [-0.15, -0.1) is 24.0 Å². The summed E-state index contributed by atoms with van der Waals surface area (Å²) < 4.78 is 11.8. The van der Waals surface area contributed by atoms with E-state index in [1.165, 1.54) is 44.9 Å². The number of likely N-dealkylation sites (tertiary alicyclic amines) is 1. The third-order valence-corrected chi connectivity index (χ3v) is 5.45. The van der Waals surface area contributed by atoms with Crippen LogP contribution >= 0.6 is 24.0 Å². The van der Waals surface area contributed by atoms with Crippen molar-refractivity contribution in [3.8, 4) is 0 Å². The molecule has 6 heteroatoms. The van der Waals surface area contributed by atoms with Crippen LogP contribution in [0, 0.1) is 0 Å². The summed E-state index contributed by atoms with van der Waals surface area (Å²) in [6.07, 6.45) is 13.4. The Morgan fingerprint density at radius 1 is 0.926 bits per heavy atom. The molecule has 1 saturated carbocycles. The highest BCUT2D eigenvalue weighted by Crippen LogP contribution is 2.20. The van der Waals surface area contributed by atoms with Crippen molar-refractivity contribution in [3.63, 3.8) is 0 Å². The lowest BCUT2D eigenvalue weighted by molar-refractivity contribution is 0.0263. The predicted octanol–water partition coefficient (Wildman–Crippen LogP) is 4.59. The van der Waals surface area contributed by atoms with Crippen molar-refractivity contribution in [1.82, 2.24) is 10.2 Å². The van der Waals surface area contributed by atoms with Gasteiger partial charge in [-0.25, -0.2) is 0 Å². The summed E-state index contributed by atoms with van der Waals surface area (Å²) in [4.78, 5) is 7.24. The maximum Gasteiger partial charge on any atom is 0.193 e. The Labute approximate surface area is 184 Å². The molecule has 0 aromatic heterocycles. The number of piperidine rings is 1. The molecule has 0 amide bonds. The fraction of sp³-hybridized carbons (Fsp3) is 0.952. The van der Waals surface area contributed by atoms with Gasteiger partial charge in [0.2, 0.25) is 0 Å². The minimum absolute atomic E-state index is 0. The molecule has 1 aliphatic heterocycles. The van der Waals surface area contributed by atoms with E-state index < -0.39 is 0 Å². The number of hydrogen-bond acceptors (Lipinski definition) is 3. The minimum Gasteiger partial charge on any atom is -0.378 e. The molecule has 0 atom stereocenters. The smallest absolute Gasteiger partial charge is 0.193 e. The van der Waals surface area contributed by atoms with Crippen molar-refractivity contribution in [3.05, 3.63) is 0 Å². The van der Waals surface area contributed by atoms with Crippen molar-refractivity contribution in [2.75, 3.05) is 39.4 Å². The number of rotatable bonds is 10. The highest BCUT2D eigenvalue weighted by atomic mass is 127. The third kappa shape index (κ3) is 10.3. The molecule has 2 rings (SSSR count). The van der Waals surface area contributed by atoms with Crippen LogP contribution in [-0.2, 0) is 9.47 Å². The van der Waals surface area contributed by atoms with Gasteiger partial charge in [0.05, 0.1) is 12.2 Å². The van der Waals surface area contributed by atoms with E-state index >= 15 is 0 Å². The molecular formula is C21H42IN3O2. The molecule has 27 heavy (non-hydrogen) atoms. The normalized spacial score (nSPS) is 19.8. The Hall–Kier alpha value is -0.0800. The zero-order valence-electron chi connectivity index (χ0n) is 17.6. The van der Waals surface area contributed by atoms with E-state index in [9.17, 15) is 0 Å². The number of ether oxygens (including phenoxy) is 2. The summed E-state index contributed by atoms with van der Waals surface area (Å²) >= 11 is 0. The van der Waals surface area contributed by atoms with Gasteiger partial charge in [-0.3, -0.25) is 4.99 Å². The fourth-order valence-corrected chi connectivity index (χ4v) is 3.95. The second-order valence-electron chi connectivity index (χ2n) is 7.57. The van der Waals surface area contributed by atoms with Crippen LogP contribution in [0.2, 0.25) is 0 Å². The number of aliphatic imine (C=N–C) groups is 1. The number of halogens is 1. The van der Waals surface area contributed by atoms with Gasteiger partial charge in [0.1, 0.15) is 0 Å². The molecule has 1 N–H and O–H groups in total. The average Bonchev–Trinajstić information content (AvgIpc) is 2.68. The van der Waals surface area contributed by atoms with Gasteiger partial charge in [-0.1, -0.05) is 19.3 Å². The summed E-state index contributed by atoms with van der Waals surface area (Å²) in [5.74, 6) is 1.08. The minimum atomic E-state index is 0. The van der Waals surface area contributed by atoms with Gasteiger partial charge in [0.15, 0.2) is 5.96 Å². The first-order valence-corrected chi connectivity index (χ1v) is 11.1. The lowest BCUT2D eigenvalue weighted by Crippen LogP contribution is -2.47. The van der Waals surface area contributed by atoms with Crippen LogP contribution in [0.5, 0.6) is 0 Å². The van der Waals surface area contributed by atoms with Gasteiger partial charge in [0, 0.05) is 39.4 Å². The SMILES string of the molecule is CCNC(=NCCCCCOC1CCCCC1)N1CCC(OCC)CC1.I. The lowest BCUT2D eigenvalue weighted by atomic mass is 9.98. The van der Waals surface area contributed by atoms with E-state index in [1.807, 2.05) is 0 Å². The Balaban J connectivity index is 0.00000364. The molecule has 0 aromatic carbocycles. The Bertz CT molecular complexity index is 382. The molecule has 1 aliphatic carbocycles. The van der Waals surface area contributed by atoms with Crippen molar-refractivity contribution in [2.24, 2.45) is 4.99 Å². The second kappa shape index (κ2) is 15.8. The van der Waals surface area contributed by atoms with E-state index in [4.69, 9.17) is 14.5 Å². The molecular weight excluding hydrogens is 453 g/mol. The molecule has 0 radical (unpaired) electrons. The van der Waals surface area contributed by atoms with E-state index in [1.54, 1.807) is 0 Å². The maximum absolute atomic E-state index is 6.01. The van der Waals surface area contributed by atoms with E-state index in [0.29, 0.717) is 12.2 Å². The average molecular weight is 495 g/mol. The highest BCUT2D eigenvalue weighted by molar-refractivity contribution is 14.0. The van der Waals surface area contributed by atoms with Gasteiger partial charge in [-0.2, -0.15) is 0 Å². The van der Waals surface area contributed by atoms with Crippen molar-refractivity contribution >= 4 is 29.9 Å². The fourth-order valence-electron chi connectivity index (χ4n) is 3.95. The van der Waals surface area contributed by atoms with Crippen LogP contribution < -0.4 is 5.32 Å². The molecule has 0 aromatic rings. The van der Waals surface area contributed by atoms with Crippen LogP contribution in [0.3, 0.4) is 0 Å². The summed E-state index contributed by atoms with van der Waals surface area (Å²) in [6.45, 7) is 9.92. The van der Waals surface area contributed by atoms with Crippen molar-refractivity contribution < 1.29 is 9.47 Å². The third-order valence-electron chi connectivity index (χ3n) is 5.45. The number of nitrogens with one attached hydrogen (secondary N) is 1. The topological polar surface area (TPSA) is 46.1 Å². The monoisotopic (exact) mass is 495 g/mol. The maximum atomic E-state index is 6.01. The molecule has 160 valence electrons. The van der Waals surface area contributed by atoms with E-state index in [0.717, 1.165) is 64.6 Å². The first-order chi connectivity index (χ1) is 12.8. The molecule has 5 nitrogen and oxygen atoms in total. The summed E-state index contributed by atoms with van der Waals surface area (Å²) in [5, 5.41) is 3.45. The number of unbranched alkanes of at least 4 members (excludes halogenated alkanes) is 2. The summed E-state index contributed by atoms with van der Waals surface area (Å²) in [6, 6.07) is 0. The van der Waals surface area contributed by atoms with Crippen LogP contribution in [0.1, 0.15) is 78.1 Å². The van der Waals surface area contributed by atoms with Crippen molar-refractivity contribution in [1.29, 1.82) is 0 Å². The largest absolute Gasteiger partial charge is 0.378 e. The first kappa shape index (κ1) is 25.0. The van der Waals surface area contributed by atoms with Gasteiger partial charge in [0.25, 0.3) is 0 Å². The molecule has 0 bridgehead atoms. The highest BCUT2D eigenvalue weighted by Gasteiger charge is 2.21. The van der Waals surface area contributed by atoms with Crippen LogP contribution in [0.4, 0.5) is 0 Å². The zero-order chi connectivity index (χ0) is 18.5. The summed E-state index contributed by atoms with van der Waals surface area (Å²) in [7, 11) is 0. The number of hydrogen-bond donors (Lipinski definition) is 1. The second-order valence-corrected chi connectivity index (χ2v) is 7.57. The quantitative estimate of drug-likeness (QED) is 0.209. The molecule has 2 fully saturated rings. The standard InChI is InChI=1S/C21H41N3O2.HI/c1-3-22-21(24-16-13-20(14-17-24)25-4-2)23-15-9-6-10-18-26-19-11-7-5-8-12-19;/h19-20H,3-18H2,1-2H3,(H,22,23);1H. The van der Waals surface area contributed by atoms with Crippen LogP contribution in [0.25, 0.3) is 0 Å². The van der Waals surface area contributed by atoms with Gasteiger partial charge >= 0.3 is 0 Å². The van der Waals surface area contributed by atoms with Crippen molar-refractivity contribution in [2.45, 2.75) is 90.3 Å².